The Bertz CT molecular complexity index is 1410. The molecule has 38 heavy (non-hydrogen) atoms. The Morgan fingerprint density at radius 1 is 1.11 bits per heavy atom. The molecule has 0 unspecified atom stereocenters. The highest BCUT2D eigenvalue weighted by Crippen LogP contribution is 2.32. The number of anilines is 2. The number of nitrogens with one attached hydrogen (secondary N) is 4. The van der Waals surface area contributed by atoms with E-state index in [0.29, 0.717) is 47.7 Å². The molecule has 3 aromatic rings. The molecule has 196 valence electrons. The number of nitrogens with zero attached hydrogens (tertiary/aromatic N) is 1. The van der Waals surface area contributed by atoms with Gasteiger partial charge in [0, 0.05) is 36.2 Å². The van der Waals surface area contributed by atoms with E-state index in [1.807, 2.05) is 36.4 Å². The van der Waals surface area contributed by atoms with Crippen molar-refractivity contribution < 1.29 is 14.4 Å². The Labute approximate surface area is 221 Å². The molecule has 0 saturated carbocycles. The van der Waals surface area contributed by atoms with Crippen LogP contribution in [0.1, 0.15) is 78.4 Å². The average Bonchev–Trinajstić information content (AvgIpc) is 3.37. The summed E-state index contributed by atoms with van der Waals surface area (Å²) in [6.45, 7) is 1.43. The number of fused-ring (bicyclic) bond motifs is 5. The number of rotatable bonds is 3. The van der Waals surface area contributed by atoms with Crippen molar-refractivity contribution in [2.45, 2.75) is 57.5 Å². The van der Waals surface area contributed by atoms with Crippen LogP contribution < -0.4 is 21.7 Å². The van der Waals surface area contributed by atoms with Gasteiger partial charge in [-0.05, 0) is 73.6 Å². The lowest BCUT2D eigenvalue weighted by Gasteiger charge is -2.23. The number of nitrogens with two attached hydrogens (primary N) is 1. The first-order valence-corrected chi connectivity index (χ1v) is 13.0. The summed E-state index contributed by atoms with van der Waals surface area (Å²) in [4.78, 5) is 45.4. The van der Waals surface area contributed by atoms with E-state index < -0.39 is 6.04 Å². The van der Waals surface area contributed by atoms with Gasteiger partial charge in [0.25, 0.3) is 5.91 Å². The highest BCUT2D eigenvalue weighted by molar-refractivity contribution is 5.98. The minimum absolute atomic E-state index is 0.0245. The minimum atomic E-state index is -0.391. The SMILES string of the molecule is CC(=O)Nc1ccc2c(c1)NC(=O)CC/C=C\C[C@H](NC(=O)c1ccc3c(c1)CCC[C@H]3N)c1ncc-2[nH]1. The van der Waals surface area contributed by atoms with Gasteiger partial charge in [-0.2, -0.15) is 0 Å². The average molecular weight is 513 g/mol. The monoisotopic (exact) mass is 512 g/mol. The normalized spacial score (nSPS) is 19.9. The Hall–Kier alpha value is -4.24. The third-order valence-electron chi connectivity index (χ3n) is 6.98. The van der Waals surface area contributed by atoms with Gasteiger partial charge in [0.15, 0.2) is 0 Å². The van der Waals surface area contributed by atoms with Gasteiger partial charge in [0.2, 0.25) is 11.8 Å². The first-order chi connectivity index (χ1) is 18.4. The van der Waals surface area contributed by atoms with Crippen molar-refractivity contribution in [1.82, 2.24) is 15.3 Å². The number of benzene rings is 2. The molecule has 0 fully saturated rings. The molecular weight excluding hydrogens is 480 g/mol. The number of hydrogen-bond acceptors (Lipinski definition) is 5. The van der Waals surface area contributed by atoms with Gasteiger partial charge >= 0.3 is 0 Å². The van der Waals surface area contributed by atoms with Crippen LogP contribution in [-0.2, 0) is 16.0 Å². The second-order valence-electron chi connectivity index (χ2n) is 9.86. The highest BCUT2D eigenvalue weighted by atomic mass is 16.2. The molecular formula is C29H32N6O3. The van der Waals surface area contributed by atoms with Crippen LogP contribution in [0, 0.1) is 0 Å². The fraction of sp³-hybridized carbons (Fsp3) is 0.310. The third kappa shape index (κ3) is 5.68. The first-order valence-electron chi connectivity index (χ1n) is 13.0. The van der Waals surface area contributed by atoms with Crippen molar-refractivity contribution in [2.24, 2.45) is 5.73 Å². The second-order valence-corrected chi connectivity index (χ2v) is 9.86. The lowest BCUT2D eigenvalue weighted by atomic mass is 9.87. The molecule has 0 radical (unpaired) electrons. The maximum Gasteiger partial charge on any atom is 0.251 e. The van der Waals surface area contributed by atoms with E-state index in [-0.39, 0.29) is 23.8 Å². The van der Waals surface area contributed by atoms with Crippen LogP contribution in [0.2, 0.25) is 0 Å². The van der Waals surface area contributed by atoms with E-state index in [1.54, 1.807) is 18.3 Å². The number of aromatic nitrogens is 2. The molecule has 1 aliphatic heterocycles. The fourth-order valence-electron chi connectivity index (χ4n) is 5.07. The van der Waals surface area contributed by atoms with Gasteiger partial charge in [-0.3, -0.25) is 14.4 Å². The minimum Gasteiger partial charge on any atom is -0.342 e. The predicted octanol–water partition coefficient (Wildman–Crippen LogP) is 4.52. The topological polar surface area (TPSA) is 142 Å². The van der Waals surface area contributed by atoms with Gasteiger partial charge in [0.1, 0.15) is 5.82 Å². The number of hydrogen-bond donors (Lipinski definition) is 5. The highest BCUT2D eigenvalue weighted by Gasteiger charge is 2.22. The van der Waals surface area contributed by atoms with Crippen molar-refractivity contribution in [1.29, 1.82) is 0 Å². The zero-order chi connectivity index (χ0) is 26.6. The maximum absolute atomic E-state index is 13.3. The van der Waals surface area contributed by atoms with Gasteiger partial charge in [-0.1, -0.05) is 18.2 Å². The van der Waals surface area contributed by atoms with Crippen LogP contribution in [0.25, 0.3) is 11.3 Å². The lowest BCUT2D eigenvalue weighted by molar-refractivity contribution is -0.116. The molecule has 3 amide bonds. The quantitative estimate of drug-likeness (QED) is 0.328. The molecule has 0 saturated heterocycles. The molecule has 2 atom stereocenters. The summed E-state index contributed by atoms with van der Waals surface area (Å²) < 4.78 is 0. The number of aromatic amines is 1. The van der Waals surface area contributed by atoms with Gasteiger partial charge in [-0.15, -0.1) is 0 Å². The second kappa shape index (κ2) is 11.0. The zero-order valence-corrected chi connectivity index (χ0v) is 21.3. The number of aryl methyl sites for hydroxylation is 1. The summed E-state index contributed by atoms with van der Waals surface area (Å²) in [6, 6.07) is 10.7. The lowest BCUT2D eigenvalue weighted by Crippen LogP contribution is -2.29. The van der Waals surface area contributed by atoms with Crippen molar-refractivity contribution in [3.63, 3.8) is 0 Å². The van der Waals surface area contributed by atoms with E-state index in [2.05, 4.69) is 25.9 Å². The molecule has 2 aromatic carbocycles. The number of carbonyl (C=O) groups is 3. The van der Waals surface area contributed by atoms with Gasteiger partial charge < -0.3 is 26.7 Å². The summed E-state index contributed by atoms with van der Waals surface area (Å²) >= 11 is 0. The molecule has 5 rings (SSSR count). The van der Waals surface area contributed by atoms with Crippen LogP contribution in [0.4, 0.5) is 11.4 Å². The molecule has 2 heterocycles. The number of H-pyrrole nitrogens is 1. The third-order valence-corrected chi connectivity index (χ3v) is 6.98. The number of allylic oxidation sites excluding steroid dienone is 1. The zero-order valence-electron chi connectivity index (χ0n) is 21.3. The summed E-state index contributed by atoms with van der Waals surface area (Å²) in [6.07, 6.45) is 9.88. The summed E-state index contributed by atoms with van der Waals surface area (Å²) in [5.41, 5.74) is 11.7. The Balaban J connectivity index is 1.44. The number of amides is 3. The van der Waals surface area contributed by atoms with Crippen LogP contribution in [0.5, 0.6) is 0 Å². The van der Waals surface area contributed by atoms with E-state index in [0.717, 1.165) is 36.0 Å². The number of imidazole rings is 1. The van der Waals surface area contributed by atoms with Gasteiger partial charge in [0.05, 0.1) is 23.6 Å². The molecule has 1 aliphatic carbocycles. The summed E-state index contributed by atoms with van der Waals surface area (Å²) in [5.74, 6) is 0.104. The van der Waals surface area contributed by atoms with E-state index in [4.69, 9.17) is 5.73 Å². The van der Waals surface area contributed by atoms with Crippen molar-refractivity contribution in [3.05, 3.63) is 77.3 Å². The largest absolute Gasteiger partial charge is 0.342 e. The first kappa shape index (κ1) is 25.4. The summed E-state index contributed by atoms with van der Waals surface area (Å²) in [7, 11) is 0. The molecule has 9 nitrogen and oxygen atoms in total. The molecule has 9 heteroatoms. The molecule has 0 spiro atoms. The molecule has 2 bridgehead atoms. The van der Waals surface area contributed by atoms with Crippen molar-refractivity contribution in [2.75, 3.05) is 10.6 Å². The van der Waals surface area contributed by atoms with E-state index in [9.17, 15) is 14.4 Å². The van der Waals surface area contributed by atoms with Crippen LogP contribution in [0.3, 0.4) is 0 Å². The Kier molecular flexibility index (Phi) is 7.37. The Morgan fingerprint density at radius 2 is 1.97 bits per heavy atom. The fourth-order valence-corrected chi connectivity index (χ4v) is 5.07. The number of carbonyl (C=O) groups excluding carboxylic acids is 3. The standard InChI is InChI=1S/C29H32N6O3/c1-17(36)32-20-11-13-22-25(15-20)33-27(37)9-4-2-3-8-24(28-31-16-26(22)34-28)35-29(38)19-10-12-21-18(14-19)6-5-7-23(21)30/h2-3,10-16,23-24H,4-9,30H2,1H3,(H,31,34)(H,32,36)(H,33,37)(H,35,38)/b3-2-/t23-,24+/m1/s1. The molecule has 1 aromatic heterocycles. The van der Waals surface area contributed by atoms with Crippen LogP contribution in [-0.4, -0.2) is 27.7 Å². The molecule has 2 aliphatic rings. The Morgan fingerprint density at radius 3 is 2.82 bits per heavy atom. The van der Waals surface area contributed by atoms with E-state index >= 15 is 0 Å². The van der Waals surface area contributed by atoms with Crippen LogP contribution >= 0.6 is 0 Å². The summed E-state index contributed by atoms with van der Waals surface area (Å²) in [5, 5.41) is 8.84. The maximum atomic E-state index is 13.3. The van der Waals surface area contributed by atoms with Crippen LogP contribution in [0.15, 0.2) is 54.7 Å². The van der Waals surface area contributed by atoms with Crippen molar-refractivity contribution in [3.8, 4) is 11.3 Å². The predicted molar refractivity (Wildman–Crippen MR) is 146 cm³/mol. The van der Waals surface area contributed by atoms with Gasteiger partial charge in [-0.25, -0.2) is 4.98 Å². The molecule has 6 N–H and O–H groups in total. The smallest absolute Gasteiger partial charge is 0.251 e. The van der Waals surface area contributed by atoms with Crippen molar-refractivity contribution >= 4 is 29.1 Å². The van der Waals surface area contributed by atoms with E-state index in [1.165, 1.54) is 6.92 Å².